The van der Waals surface area contributed by atoms with Crippen LogP contribution in [0.2, 0.25) is 0 Å². The molecule has 110 valence electrons. The molecule has 6 nitrogen and oxygen atoms in total. The van der Waals surface area contributed by atoms with Crippen LogP contribution < -0.4 is 10.5 Å². The van der Waals surface area contributed by atoms with Crippen LogP contribution in [0.25, 0.3) is 0 Å². The number of ether oxygens (including phenoxy) is 1. The van der Waals surface area contributed by atoms with Crippen molar-refractivity contribution in [1.29, 1.82) is 0 Å². The van der Waals surface area contributed by atoms with E-state index in [2.05, 4.69) is 32.1 Å². The highest BCUT2D eigenvalue weighted by Crippen LogP contribution is 2.30. The van der Waals surface area contributed by atoms with Crippen LogP contribution in [0.4, 0.5) is 5.82 Å². The van der Waals surface area contributed by atoms with Crippen LogP contribution >= 0.6 is 0 Å². The molecule has 0 radical (unpaired) electrons. The van der Waals surface area contributed by atoms with E-state index in [9.17, 15) is 0 Å². The number of nitrogen functional groups attached to an aromatic ring is 1. The fourth-order valence-electron chi connectivity index (χ4n) is 2.12. The third-order valence-corrected chi connectivity index (χ3v) is 2.97. The minimum atomic E-state index is 0.281. The van der Waals surface area contributed by atoms with Crippen molar-refractivity contribution < 1.29 is 9.57 Å². The summed E-state index contributed by atoms with van der Waals surface area (Å²) in [4.78, 5) is 12.7. The van der Waals surface area contributed by atoms with Gasteiger partial charge in [0.05, 0.1) is 6.21 Å². The minimum Gasteiger partial charge on any atom is -0.438 e. The lowest BCUT2D eigenvalue weighted by atomic mass is 10.1. The average molecular weight is 286 g/mol. The predicted molar refractivity (Wildman–Crippen MR) is 81.8 cm³/mol. The van der Waals surface area contributed by atoms with Gasteiger partial charge < -0.3 is 15.3 Å². The molecule has 0 amide bonds. The Morgan fingerprint density at radius 3 is 2.43 bits per heavy atom. The van der Waals surface area contributed by atoms with E-state index in [1.54, 1.807) is 0 Å². The molecular weight excluding hydrogens is 268 g/mol. The van der Waals surface area contributed by atoms with Gasteiger partial charge in [0.1, 0.15) is 30.6 Å². The van der Waals surface area contributed by atoms with Crippen molar-refractivity contribution in [3.8, 4) is 11.6 Å². The van der Waals surface area contributed by atoms with E-state index < -0.39 is 0 Å². The first-order valence-electron chi connectivity index (χ1n) is 6.45. The minimum absolute atomic E-state index is 0.281. The zero-order chi connectivity index (χ0) is 15.4. The van der Waals surface area contributed by atoms with Crippen LogP contribution in [-0.4, -0.2) is 23.3 Å². The summed E-state index contributed by atoms with van der Waals surface area (Å²) in [5, 5.41) is 3.70. The molecule has 21 heavy (non-hydrogen) atoms. The number of aromatic nitrogens is 2. The van der Waals surface area contributed by atoms with E-state index in [-0.39, 0.29) is 5.82 Å². The first-order valence-corrected chi connectivity index (χ1v) is 6.45. The van der Waals surface area contributed by atoms with E-state index >= 15 is 0 Å². The molecule has 6 heteroatoms. The van der Waals surface area contributed by atoms with Crippen molar-refractivity contribution in [3.63, 3.8) is 0 Å². The van der Waals surface area contributed by atoms with Crippen molar-refractivity contribution in [2.45, 2.75) is 20.8 Å². The van der Waals surface area contributed by atoms with Crippen LogP contribution in [-0.2, 0) is 4.84 Å². The third kappa shape index (κ3) is 3.28. The predicted octanol–water partition coefficient (Wildman–Crippen LogP) is 2.76. The average Bonchev–Trinajstić information content (AvgIpc) is 2.42. The topological polar surface area (TPSA) is 82.6 Å². The normalized spacial score (nSPS) is 10.9. The molecule has 2 N–H and O–H groups in total. The van der Waals surface area contributed by atoms with E-state index in [4.69, 9.17) is 10.5 Å². The maximum Gasteiger partial charge on any atom is 0.233 e. The fraction of sp³-hybridized carbons (Fsp3) is 0.267. The van der Waals surface area contributed by atoms with Crippen LogP contribution in [0.5, 0.6) is 11.6 Å². The van der Waals surface area contributed by atoms with Gasteiger partial charge in [-0.05, 0) is 31.9 Å². The number of hydrogen-bond donors (Lipinski definition) is 1. The van der Waals surface area contributed by atoms with Gasteiger partial charge in [-0.2, -0.15) is 0 Å². The molecule has 1 aromatic carbocycles. The van der Waals surface area contributed by atoms with Crippen LogP contribution in [0.1, 0.15) is 22.3 Å². The highest BCUT2D eigenvalue weighted by atomic mass is 16.6. The summed E-state index contributed by atoms with van der Waals surface area (Å²) in [5.41, 5.74) is 9.56. The molecule has 0 saturated heterocycles. The Morgan fingerprint density at radius 2 is 1.81 bits per heavy atom. The highest BCUT2D eigenvalue weighted by Gasteiger charge is 2.13. The maximum absolute atomic E-state index is 5.93. The summed E-state index contributed by atoms with van der Waals surface area (Å²) in [6.45, 7) is 6.02. The van der Waals surface area contributed by atoms with Gasteiger partial charge in [0, 0.05) is 0 Å². The zero-order valence-corrected chi connectivity index (χ0v) is 12.5. The van der Waals surface area contributed by atoms with Gasteiger partial charge in [-0.1, -0.05) is 22.9 Å². The Bertz CT molecular complexity index is 660. The second-order valence-corrected chi connectivity index (χ2v) is 4.72. The summed E-state index contributed by atoms with van der Waals surface area (Å²) in [5.74, 6) is 1.38. The Labute approximate surface area is 123 Å². The SMILES string of the molecule is CO/N=C/c1c(N)ncnc1Oc1c(C)cc(C)cc1C. The maximum atomic E-state index is 5.93. The van der Waals surface area contributed by atoms with Gasteiger partial charge in [0.25, 0.3) is 0 Å². The summed E-state index contributed by atoms with van der Waals surface area (Å²) in [7, 11) is 1.45. The van der Waals surface area contributed by atoms with E-state index in [0.717, 1.165) is 16.9 Å². The number of anilines is 1. The molecule has 0 atom stereocenters. The number of rotatable bonds is 4. The number of nitrogens with two attached hydrogens (primary N) is 1. The van der Waals surface area contributed by atoms with Crippen molar-refractivity contribution in [3.05, 3.63) is 40.7 Å². The monoisotopic (exact) mass is 286 g/mol. The van der Waals surface area contributed by atoms with Gasteiger partial charge in [0.2, 0.25) is 5.88 Å². The number of oxime groups is 1. The molecule has 2 aromatic rings. The Morgan fingerprint density at radius 1 is 1.14 bits per heavy atom. The first kappa shape index (κ1) is 14.8. The smallest absolute Gasteiger partial charge is 0.233 e. The second kappa shape index (κ2) is 6.21. The molecule has 0 unspecified atom stereocenters. The molecule has 0 bridgehead atoms. The first-order chi connectivity index (χ1) is 10.0. The van der Waals surface area contributed by atoms with Crippen molar-refractivity contribution in [2.75, 3.05) is 12.8 Å². The van der Waals surface area contributed by atoms with Gasteiger partial charge in [0.15, 0.2) is 0 Å². The molecule has 0 saturated carbocycles. The highest BCUT2D eigenvalue weighted by molar-refractivity contribution is 5.88. The quantitative estimate of drug-likeness (QED) is 0.690. The summed E-state index contributed by atoms with van der Waals surface area (Å²) in [6.07, 6.45) is 2.79. The van der Waals surface area contributed by atoms with E-state index in [0.29, 0.717) is 11.4 Å². The molecule has 2 rings (SSSR count). The molecule has 0 aliphatic carbocycles. The van der Waals surface area contributed by atoms with Gasteiger partial charge in [-0.15, -0.1) is 0 Å². The third-order valence-electron chi connectivity index (χ3n) is 2.97. The molecule has 1 aromatic heterocycles. The molecular formula is C15H18N4O2. The summed E-state index contributed by atoms with van der Waals surface area (Å²) < 4.78 is 5.93. The van der Waals surface area contributed by atoms with Crippen molar-refractivity contribution >= 4 is 12.0 Å². The molecule has 0 aliphatic rings. The Hall–Kier alpha value is -2.63. The fourth-order valence-corrected chi connectivity index (χ4v) is 2.12. The Kier molecular flexibility index (Phi) is 4.37. The zero-order valence-electron chi connectivity index (χ0n) is 12.5. The van der Waals surface area contributed by atoms with Gasteiger partial charge in [-0.3, -0.25) is 0 Å². The molecule has 0 fully saturated rings. The van der Waals surface area contributed by atoms with Crippen LogP contribution in [0.15, 0.2) is 23.6 Å². The van der Waals surface area contributed by atoms with Crippen LogP contribution in [0.3, 0.4) is 0 Å². The molecule has 0 aliphatic heterocycles. The van der Waals surface area contributed by atoms with Gasteiger partial charge in [-0.25, -0.2) is 9.97 Å². The second-order valence-electron chi connectivity index (χ2n) is 4.72. The van der Waals surface area contributed by atoms with Gasteiger partial charge >= 0.3 is 0 Å². The molecule has 1 heterocycles. The lowest BCUT2D eigenvalue weighted by Crippen LogP contribution is -2.03. The number of benzene rings is 1. The number of aryl methyl sites for hydroxylation is 3. The van der Waals surface area contributed by atoms with Crippen molar-refractivity contribution in [2.24, 2.45) is 5.16 Å². The standard InChI is InChI=1S/C15H18N4O2/c1-9-5-10(2)13(11(3)6-9)21-15-12(7-19-20-4)14(16)17-8-18-15/h5-8H,1-4H3,(H2,16,17,18)/b19-7+. The largest absolute Gasteiger partial charge is 0.438 e. The lowest BCUT2D eigenvalue weighted by Gasteiger charge is -2.13. The summed E-state index contributed by atoms with van der Waals surface area (Å²) >= 11 is 0. The Balaban J connectivity index is 2.45. The van der Waals surface area contributed by atoms with Crippen LogP contribution in [0, 0.1) is 20.8 Å². The molecule has 0 spiro atoms. The van der Waals surface area contributed by atoms with E-state index in [1.165, 1.54) is 25.2 Å². The number of hydrogen-bond acceptors (Lipinski definition) is 6. The van der Waals surface area contributed by atoms with Crippen molar-refractivity contribution in [1.82, 2.24) is 9.97 Å². The lowest BCUT2D eigenvalue weighted by molar-refractivity contribution is 0.215. The van der Waals surface area contributed by atoms with E-state index in [1.807, 2.05) is 20.8 Å². The number of nitrogens with zero attached hydrogens (tertiary/aromatic N) is 3. The summed E-state index contributed by atoms with van der Waals surface area (Å²) in [6, 6.07) is 4.10.